The molecule has 0 unspecified atom stereocenters. The Labute approximate surface area is 186 Å². The first-order chi connectivity index (χ1) is 14.3. The van der Waals surface area contributed by atoms with Gasteiger partial charge < -0.3 is 9.15 Å². The lowest BCUT2D eigenvalue weighted by molar-refractivity contribution is 0.0578. The zero-order valence-corrected chi connectivity index (χ0v) is 19.4. The number of anilines is 1. The van der Waals surface area contributed by atoms with Crippen LogP contribution in [0, 0.1) is 0 Å². The van der Waals surface area contributed by atoms with Gasteiger partial charge in [0, 0.05) is 22.9 Å². The van der Waals surface area contributed by atoms with E-state index in [0.29, 0.717) is 28.9 Å². The highest BCUT2D eigenvalue weighted by atomic mass is 35.5. The summed E-state index contributed by atoms with van der Waals surface area (Å²) in [5.41, 5.74) is 2.55. The minimum Gasteiger partial charge on any atom is -0.457 e. The molecule has 30 heavy (non-hydrogen) atoms. The van der Waals surface area contributed by atoms with Gasteiger partial charge in [-0.3, -0.25) is 4.90 Å². The second-order valence-corrected chi connectivity index (χ2v) is 10.2. The number of aromatic nitrogens is 1. The third-order valence-corrected chi connectivity index (χ3v) is 6.02. The predicted molar refractivity (Wildman–Crippen MR) is 122 cm³/mol. The lowest BCUT2D eigenvalue weighted by Crippen LogP contribution is -2.36. The van der Waals surface area contributed by atoms with Gasteiger partial charge >= 0.3 is 6.09 Å². The highest BCUT2D eigenvalue weighted by Gasteiger charge is 2.34. The number of aryl methyl sites for hydroxylation is 1. The van der Waals surface area contributed by atoms with E-state index in [4.69, 9.17) is 20.8 Å². The van der Waals surface area contributed by atoms with E-state index in [2.05, 4.69) is 11.9 Å². The Kier molecular flexibility index (Phi) is 5.82. The molecule has 3 heterocycles. The van der Waals surface area contributed by atoms with Crippen molar-refractivity contribution in [3.05, 3.63) is 44.9 Å². The van der Waals surface area contributed by atoms with E-state index in [1.807, 2.05) is 38.3 Å². The molecule has 0 saturated heterocycles. The number of halogens is 1. The smallest absolute Gasteiger partial charge is 0.415 e. The Balaban J connectivity index is 1.85. The normalized spacial score (nSPS) is 14.3. The summed E-state index contributed by atoms with van der Waals surface area (Å²) in [5, 5.41) is 2.35. The maximum Gasteiger partial charge on any atom is 0.415 e. The van der Waals surface area contributed by atoms with Gasteiger partial charge in [0.1, 0.15) is 22.0 Å². The molecule has 0 bridgehead atoms. The summed E-state index contributed by atoms with van der Waals surface area (Å²) in [6.07, 6.45) is 3.67. The summed E-state index contributed by atoms with van der Waals surface area (Å²) in [6.45, 7) is 8.10. The lowest BCUT2D eigenvalue weighted by Gasteiger charge is -2.27. The molecule has 4 rings (SSSR count). The van der Waals surface area contributed by atoms with Crippen molar-refractivity contribution in [3.63, 3.8) is 0 Å². The van der Waals surface area contributed by atoms with Crippen LogP contribution in [0.3, 0.4) is 0 Å². The molecular formula is C23H27ClN2O3S. The summed E-state index contributed by atoms with van der Waals surface area (Å²) in [5.74, 6) is 1.44. The zero-order chi connectivity index (χ0) is 21.5. The number of pyridine rings is 1. The summed E-state index contributed by atoms with van der Waals surface area (Å²) in [7, 11) is 0. The fourth-order valence-electron chi connectivity index (χ4n) is 3.61. The minimum atomic E-state index is -0.615. The topological polar surface area (TPSA) is 55.6 Å². The molecule has 1 fully saturated rings. The number of carbonyl (C=O) groups is 1. The summed E-state index contributed by atoms with van der Waals surface area (Å²) < 4.78 is 12.1. The van der Waals surface area contributed by atoms with Crippen molar-refractivity contribution < 1.29 is 13.9 Å². The van der Waals surface area contributed by atoms with Gasteiger partial charge in [0.2, 0.25) is 0 Å². The molecule has 1 saturated carbocycles. The molecule has 3 aromatic heterocycles. The Bertz CT molecular complexity index is 1050. The molecule has 7 heteroatoms. The van der Waals surface area contributed by atoms with Crippen LogP contribution >= 0.6 is 22.9 Å². The number of carbonyl (C=O) groups excluding carboxylic acids is 1. The molecular weight excluding hydrogens is 420 g/mol. The van der Waals surface area contributed by atoms with Crippen molar-refractivity contribution in [1.29, 1.82) is 0 Å². The van der Waals surface area contributed by atoms with E-state index in [1.165, 1.54) is 0 Å². The van der Waals surface area contributed by atoms with Gasteiger partial charge in [-0.05, 0) is 57.4 Å². The van der Waals surface area contributed by atoms with Crippen LogP contribution in [0.1, 0.15) is 69.1 Å². The quantitative estimate of drug-likeness (QED) is 0.372. The van der Waals surface area contributed by atoms with Crippen LogP contribution in [-0.2, 0) is 17.7 Å². The Morgan fingerprint density at radius 1 is 1.40 bits per heavy atom. The van der Waals surface area contributed by atoms with Crippen LogP contribution in [0.15, 0.2) is 28.0 Å². The highest BCUT2D eigenvalue weighted by molar-refractivity contribution is 7.09. The largest absolute Gasteiger partial charge is 0.457 e. The van der Waals surface area contributed by atoms with Crippen molar-refractivity contribution in [3.8, 4) is 0 Å². The second kappa shape index (κ2) is 8.23. The number of nitrogens with zero attached hydrogens (tertiary/aromatic N) is 2. The average molecular weight is 447 g/mol. The molecule has 3 aromatic rings. The van der Waals surface area contributed by atoms with Crippen LogP contribution < -0.4 is 4.90 Å². The van der Waals surface area contributed by atoms with Crippen molar-refractivity contribution in [2.24, 2.45) is 0 Å². The number of hydrogen-bond donors (Lipinski definition) is 0. The predicted octanol–water partition coefficient (Wildman–Crippen LogP) is 7.31. The molecule has 0 aromatic carbocycles. The second-order valence-electron chi connectivity index (χ2n) is 8.75. The third-order valence-electron chi connectivity index (χ3n) is 4.96. The number of amides is 1. The first-order valence-electron chi connectivity index (χ1n) is 10.4. The van der Waals surface area contributed by atoms with Crippen LogP contribution in [-0.4, -0.2) is 16.7 Å². The fourth-order valence-corrected chi connectivity index (χ4v) is 4.49. The maximum absolute atomic E-state index is 13.2. The number of furan rings is 1. The van der Waals surface area contributed by atoms with Gasteiger partial charge in [0.15, 0.2) is 5.58 Å². The molecule has 1 aliphatic carbocycles. The third kappa shape index (κ3) is 4.49. The van der Waals surface area contributed by atoms with Crippen molar-refractivity contribution in [2.75, 3.05) is 4.90 Å². The molecule has 0 radical (unpaired) electrons. The van der Waals surface area contributed by atoms with E-state index in [-0.39, 0.29) is 0 Å². The van der Waals surface area contributed by atoms with E-state index < -0.39 is 11.7 Å². The summed E-state index contributed by atoms with van der Waals surface area (Å²) >= 11 is 8.04. The molecule has 0 aliphatic heterocycles. The lowest BCUT2D eigenvalue weighted by atomic mass is 10.1. The molecule has 5 nitrogen and oxygen atoms in total. The number of thiophene rings is 1. The standard InChI is InChI=1S/C23H27ClN2O3S/c1-5-7-17-19(14-9-10-14)20-21(28-17)16(12-18(24)25-20)26(13-15-8-6-11-30-15)22(27)29-23(2,3)4/h6,8,11-12,14H,5,7,9-10,13H2,1-4H3. The Morgan fingerprint density at radius 3 is 2.77 bits per heavy atom. The van der Waals surface area contributed by atoms with Crippen molar-refractivity contribution in [1.82, 2.24) is 4.98 Å². The molecule has 1 aliphatic rings. The highest BCUT2D eigenvalue weighted by Crippen LogP contribution is 2.48. The number of rotatable bonds is 6. The fraction of sp³-hybridized carbons (Fsp3) is 0.478. The van der Waals surface area contributed by atoms with Crippen LogP contribution in [0.4, 0.5) is 10.5 Å². The van der Waals surface area contributed by atoms with Crippen molar-refractivity contribution >= 4 is 45.8 Å². The Morgan fingerprint density at radius 2 is 2.17 bits per heavy atom. The Hall–Kier alpha value is -2.05. The van der Waals surface area contributed by atoms with Crippen molar-refractivity contribution in [2.45, 2.75) is 71.4 Å². The summed E-state index contributed by atoms with van der Waals surface area (Å²) in [6, 6.07) is 5.68. The first kappa shape index (κ1) is 21.2. The molecule has 0 N–H and O–H groups in total. The van der Waals surface area contributed by atoms with E-state index in [0.717, 1.165) is 47.4 Å². The molecule has 0 atom stereocenters. The first-order valence-corrected chi connectivity index (χ1v) is 11.7. The van der Waals surface area contributed by atoms with Gasteiger partial charge in [-0.25, -0.2) is 9.78 Å². The number of fused-ring (bicyclic) bond motifs is 1. The van der Waals surface area contributed by atoms with E-state index >= 15 is 0 Å². The van der Waals surface area contributed by atoms with Gasteiger partial charge in [-0.15, -0.1) is 11.3 Å². The van der Waals surface area contributed by atoms with Gasteiger partial charge in [0.05, 0.1) is 12.2 Å². The SMILES string of the molecule is CCCc1oc2c(N(Cc3cccs3)C(=O)OC(C)(C)C)cc(Cl)nc2c1C1CC1. The number of hydrogen-bond acceptors (Lipinski definition) is 5. The van der Waals surface area contributed by atoms with E-state index in [1.54, 1.807) is 22.3 Å². The number of ether oxygens (including phenoxy) is 1. The van der Waals surface area contributed by atoms with Gasteiger partial charge in [-0.1, -0.05) is 24.6 Å². The van der Waals surface area contributed by atoms with Crippen LogP contribution in [0.5, 0.6) is 0 Å². The minimum absolute atomic E-state index is 0.350. The molecule has 160 valence electrons. The zero-order valence-electron chi connectivity index (χ0n) is 17.8. The maximum atomic E-state index is 13.2. The van der Waals surface area contributed by atoms with Crippen LogP contribution in [0.25, 0.3) is 11.1 Å². The van der Waals surface area contributed by atoms with Crippen LogP contribution in [0.2, 0.25) is 5.15 Å². The van der Waals surface area contributed by atoms with Gasteiger partial charge in [-0.2, -0.15) is 0 Å². The monoisotopic (exact) mass is 446 g/mol. The van der Waals surface area contributed by atoms with Gasteiger partial charge in [0.25, 0.3) is 0 Å². The summed E-state index contributed by atoms with van der Waals surface area (Å²) in [4.78, 5) is 20.5. The molecule has 1 amide bonds. The average Bonchev–Trinajstić information content (AvgIpc) is 3.22. The van der Waals surface area contributed by atoms with E-state index in [9.17, 15) is 4.79 Å². The molecule has 0 spiro atoms.